The first-order valence-corrected chi connectivity index (χ1v) is 7.60. The molecule has 0 amide bonds. The lowest BCUT2D eigenvalue weighted by Crippen LogP contribution is -2.24. The lowest BCUT2D eigenvalue weighted by atomic mass is 9.84. The number of hydrogen-bond acceptors (Lipinski definition) is 5. The molecular formula is C19H24N2O3. The van der Waals surface area contributed by atoms with E-state index in [1.807, 2.05) is 13.8 Å². The lowest BCUT2D eigenvalue weighted by molar-refractivity contribution is -0.109. The summed E-state index contributed by atoms with van der Waals surface area (Å²) in [5, 5.41) is 17.9. The van der Waals surface area contributed by atoms with Gasteiger partial charge in [-0.15, -0.1) is 0 Å². The molecule has 0 saturated carbocycles. The maximum atomic E-state index is 11.8. The average molecular weight is 328 g/mol. The van der Waals surface area contributed by atoms with Gasteiger partial charge in [0.15, 0.2) is 0 Å². The first kappa shape index (κ1) is 19.5. The van der Waals surface area contributed by atoms with Crippen LogP contribution in [0.1, 0.15) is 37.8 Å². The van der Waals surface area contributed by atoms with Crippen LogP contribution in [0.5, 0.6) is 0 Å². The van der Waals surface area contributed by atoms with Gasteiger partial charge in [-0.1, -0.05) is 38.5 Å². The Kier molecular flexibility index (Phi) is 7.25. The first-order chi connectivity index (χ1) is 11.3. The smallest absolute Gasteiger partial charge is 0.230 e. The van der Waals surface area contributed by atoms with Crippen molar-refractivity contribution in [2.75, 3.05) is 0 Å². The molecule has 1 aromatic carbocycles. The van der Waals surface area contributed by atoms with Crippen molar-refractivity contribution in [3.05, 3.63) is 59.4 Å². The summed E-state index contributed by atoms with van der Waals surface area (Å²) in [5.41, 5.74) is 9.98. The maximum Gasteiger partial charge on any atom is 0.230 e. The molecule has 1 rings (SSSR count). The summed E-state index contributed by atoms with van der Waals surface area (Å²) >= 11 is 0. The first-order valence-electron chi connectivity index (χ1n) is 7.60. The second-order valence-electron chi connectivity index (χ2n) is 6.16. The second-order valence-corrected chi connectivity index (χ2v) is 6.16. The van der Waals surface area contributed by atoms with E-state index in [1.165, 1.54) is 6.08 Å². The number of aliphatic hydroxyl groups is 1. The summed E-state index contributed by atoms with van der Waals surface area (Å²) in [6, 6.07) is 7.00. The zero-order valence-electron chi connectivity index (χ0n) is 14.1. The summed E-state index contributed by atoms with van der Waals surface area (Å²) in [7, 11) is 0. The van der Waals surface area contributed by atoms with Crippen LogP contribution in [0.3, 0.4) is 0 Å². The number of benzene rings is 1. The molecule has 0 radical (unpaired) electrons. The van der Waals surface area contributed by atoms with E-state index in [2.05, 4.69) is 23.9 Å². The van der Waals surface area contributed by atoms with Crippen molar-refractivity contribution in [1.29, 1.82) is 0 Å². The number of nitrogens with two attached hydrogens (primary N) is 1. The van der Waals surface area contributed by atoms with Gasteiger partial charge in [0.05, 0.1) is 6.61 Å². The van der Waals surface area contributed by atoms with Crippen LogP contribution >= 0.6 is 0 Å². The highest BCUT2D eigenvalue weighted by molar-refractivity contribution is 6.04. The Morgan fingerprint density at radius 2 is 2.00 bits per heavy atom. The maximum absolute atomic E-state index is 11.8. The Balaban J connectivity index is 2.64. The van der Waals surface area contributed by atoms with Crippen molar-refractivity contribution < 1.29 is 15.1 Å². The molecule has 5 nitrogen and oxygen atoms in total. The van der Waals surface area contributed by atoms with Gasteiger partial charge in [-0.25, -0.2) is 0 Å². The van der Waals surface area contributed by atoms with Gasteiger partial charge in [-0.05, 0) is 36.5 Å². The van der Waals surface area contributed by atoms with Gasteiger partial charge in [-0.2, -0.15) is 0 Å². The molecule has 0 spiro atoms. The Morgan fingerprint density at radius 1 is 1.38 bits per heavy atom. The van der Waals surface area contributed by atoms with Gasteiger partial charge in [-0.3, -0.25) is 15.5 Å². The SMILES string of the molecule is C=C(NO)C(C)(C)CCC(N)=CC(=O)C#Cc1ccc(CO)cc1. The number of nitrogens with one attached hydrogen (secondary N) is 1. The van der Waals surface area contributed by atoms with Gasteiger partial charge in [0.1, 0.15) is 0 Å². The van der Waals surface area contributed by atoms with Crippen molar-refractivity contribution in [1.82, 2.24) is 5.48 Å². The fourth-order valence-corrected chi connectivity index (χ4v) is 1.86. The fourth-order valence-electron chi connectivity index (χ4n) is 1.86. The molecule has 0 unspecified atom stereocenters. The van der Waals surface area contributed by atoms with Gasteiger partial charge in [0.2, 0.25) is 5.78 Å². The number of ketones is 1. The molecule has 0 aliphatic heterocycles. The molecule has 24 heavy (non-hydrogen) atoms. The number of carbonyl (C=O) groups excluding carboxylic acids is 1. The van der Waals surface area contributed by atoms with E-state index < -0.39 is 0 Å². The molecule has 1 aromatic rings. The Bertz CT molecular complexity index is 677. The molecule has 5 N–H and O–H groups in total. The minimum Gasteiger partial charge on any atom is -0.402 e. The quantitative estimate of drug-likeness (QED) is 0.350. The molecule has 0 bridgehead atoms. The third-order valence-corrected chi connectivity index (χ3v) is 3.77. The summed E-state index contributed by atoms with van der Waals surface area (Å²) < 4.78 is 0. The highest BCUT2D eigenvalue weighted by Gasteiger charge is 2.21. The van der Waals surface area contributed by atoms with E-state index in [1.54, 1.807) is 24.3 Å². The highest BCUT2D eigenvalue weighted by atomic mass is 16.5. The largest absolute Gasteiger partial charge is 0.402 e. The average Bonchev–Trinajstić information content (AvgIpc) is 2.58. The normalized spacial score (nSPS) is 11.4. The van der Waals surface area contributed by atoms with Crippen LogP contribution < -0.4 is 11.2 Å². The van der Waals surface area contributed by atoms with Crippen LogP contribution in [0.25, 0.3) is 0 Å². The van der Waals surface area contributed by atoms with Crippen molar-refractivity contribution in [2.45, 2.75) is 33.3 Å². The van der Waals surface area contributed by atoms with Crippen LogP contribution in [0.15, 0.2) is 48.3 Å². The van der Waals surface area contributed by atoms with Gasteiger partial charge < -0.3 is 10.8 Å². The van der Waals surface area contributed by atoms with Gasteiger partial charge in [0, 0.05) is 28.4 Å². The minimum absolute atomic E-state index is 0.0273. The topological polar surface area (TPSA) is 95.6 Å². The third kappa shape index (κ3) is 6.29. The van der Waals surface area contributed by atoms with Crippen LogP contribution in [0.4, 0.5) is 0 Å². The molecule has 0 aliphatic carbocycles. The zero-order valence-corrected chi connectivity index (χ0v) is 14.1. The number of hydroxylamine groups is 1. The number of allylic oxidation sites excluding steroid dienone is 3. The molecule has 0 heterocycles. The van der Waals surface area contributed by atoms with Crippen molar-refractivity contribution in [3.8, 4) is 11.8 Å². The second kappa shape index (κ2) is 8.92. The minimum atomic E-state index is -0.365. The van der Waals surface area contributed by atoms with E-state index in [0.29, 0.717) is 29.8 Å². The predicted molar refractivity (Wildman–Crippen MR) is 93.6 cm³/mol. The van der Waals surface area contributed by atoms with Crippen LogP contribution in [0.2, 0.25) is 0 Å². The molecular weight excluding hydrogens is 304 g/mol. The molecule has 128 valence electrons. The molecule has 5 heteroatoms. The standard InChI is InChI=1S/C19H24N2O3/c1-14(21-24)19(2,3)11-10-17(20)12-18(23)9-8-15-4-6-16(13-22)7-5-15/h4-7,12,21-22,24H,1,10-11,13,20H2,2-3H3. The summed E-state index contributed by atoms with van der Waals surface area (Å²) in [6.45, 7) is 7.55. The monoisotopic (exact) mass is 328 g/mol. The van der Waals surface area contributed by atoms with Gasteiger partial charge in [0.25, 0.3) is 0 Å². The van der Waals surface area contributed by atoms with Crippen LogP contribution in [-0.4, -0.2) is 16.1 Å². The van der Waals surface area contributed by atoms with E-state index in [0.717, 1.165) is 5.56 Å². The highest BCUT2D eigenvalue weighted by Crippen LogP contribution is 2.29. The van der Waals surface area contributed by atoms with Crippen LogP contribution in [0, 0.1) is 17.3 Å². The fraction of sp³-hybridized carbons (Fsp3) is 0.316. The molecule has 0 fully saturated rings. The summed E-state index contributed by atoms with van der Waals surface area (Å²) in [6.07, 6.45) is 2.44. The van der Waals surface area contributed by atoms with E-state index in [4.69, 9.17) is 16.0 Å². The third-order valence-electron chi connectivity index (χ3n) is 3.77. The Labute approximate surface area is 142 Å². The Morgan fingerprint density at radius 3 is 2.54 bits per heavy atom. The molecule has 0 atom stereocenters. The van der Waals surface area contributed by atoms with E-state index >= 15 is 0 Å². The molecule has 0 aliphatic rings. The Hall–Kier alpha value is -2.55. The summed E-state index contributed by atoms with van der Waals surface area (Å²) in [5.74, 6) is 4.92. The van der Waals surface area contributed by atoms with E-state index in [-0.39, 0.29) is 17.8 Å². The van der Waals surface area contributed by atoms with Gasteiger partial charge >= 0.3 is 0 Å². The summed E-state index contributed by atoms with van der Waals surface area (Å²) in [4.78, 5) is 11.8. The predicted octanol–water partition coefficient (Wildman–Crippen LogP) is 2.24. The lowest BCUT2D eigenvalue weighted by Gasteiger charge is -2.26. The van der Waals surface area contributed by atoms with Crippen molar-refractivity contribution in [3.63, 3.8) is 0 Å². The van der Waals surface area contributed by atoms with Crippen molar-refractivity contribution >= 4 is 5.78 Å². The van der Waals surface area contributed by atoms with Crippen molar-refractivity contribution in [2.24, 2.45) is 11.1 Å². The number of carbonyl (C=O) groups is 1. The van der Waals surface area contributed by atoms with E-state index in [9.17, 15) is 4.79 Å². The molecule has 0 saturated heterocycles. The van der Waals surface area contributed by atoms with Crippen LogP contribution in [-0.2, 0) is 11.4 Å². The number of hydrogen-bond donors (Lipinski definition) is 4. The number of aliphatic hydroxyl groups excluding tert-OH is 1. The number of rotatable bonds is 7. The molecule has 0 aromatic heterocycles. The zero-order chi connectivity index (χ0) is 18.2.